The van der Waals surface area contributed by atoms with Crippen molar-refractivity contribution in [2.75, 3.05) is 32.7 Å². The molecule has 28 heavy (non-hydrogen) atoms. The molecule has 2 amide bonds. The summed E-state index contributed by atoms with van der Waals surface area (Å²) in [7, 11) is 0. The number of hydrogen-bond acceptors (Lipinski definition) is 3. The molecule has 1 aromatic rings. The molecule has 0 radical (unpaired) electrons. The lowest BCUT2D eigenvalue weighted by atomic mass is 9.78. The topological polar surface area (TPSA) is 43.9 Å². The van der Waals surface area contributed by atoms with Gasteiger partial charge in [0.25, 0.3) is 0 Å². The van der Waals surface area contributed by atoms with Gasteiger partial charge in [0.1, 0.15) is 0 Å². The Morgan fingerprint density at radius 2 is 1.75 bits per heavy atom. The van der Waals surface area contributed by atoms with Crippen molar-refractivity contribution in [3.63, 3.8) is 0 Å². The van der Waals surface area contributed by atoms with Gasteiger partial charge in [0.15, 0.2) is 0 Å². The predicted octanol–water partition coefficient (Wildman–Crippen LogP) is 2.76. The Labute approximate surface area is 168 Å². The van der Waals surface area contributed by atoms with E-state index < -0.39 is 0 Å². The van der Waals surface area contributed by atoms with Crippen LogP contribution in [0.25, 0.3) is 0 Å². The SMILES string of the molecule is CCC(=O)N1CCC(C(=O)N2CCN(Cc3ccccc3)C(C3CCC3)C2)C1. The average molecular weight is 384 g/mol. The summed E-state index contributed by atoms with van der Waals surface area (Å²) in [5.41, 5.74) is 1.36. The van der Waals surface area contributed by atoms with Gasteiger partial charge < -0.3 is 9.80 Å². The molecule has 5 heteroatoms. The molecule has 3 fully saturated rings. The van der Waals surface area contributed by atoms with Crippen LogP contribution in [-0.2, 0) is 16.1 Å². The van der Waals surface area contributed by atoms with E-state index >= 15 is 0 Å². The third kappa shape index (κ3) is 4.09. The maximum absolute atomic E-state index is 13.2. The van der Waals surface area contributed by atoms with Crippen LogP contribution in [0, 0.1) is 11.8 Å². The lowest BCUT2D eigenvalue weighted by Gasteiger charge is -2.48. The van der Waals surface area contributed by atoms with Crippen LogP contribution in [0.5, 0.6) is 0 Å². The number of amides is 2. The molecule has 1 aromatic carbocycles. The molecule has 1 saturated carbocycles. The molecule has 2 aliphatic heterocycles. The van der Waals surface area contributed by atoms with E-state index in [0.29, 0.717) is 19.0 Å². The standard InChI is InChI=1S/C23H33N3O2/c1-2-22(27)25-12-11-20(16-25)23(28)26-14-13-24(15-18-7-4-3-5-8-18)21(17-26)19-9-6-10-19/h3-5,7-8,19-21H,2,6,9-17H2,1H3. The predicted molar refractivity (Wildman–Crippen MR) is 110 cm³/mol. The fourth-order valence-electron chi connectivity index (χ4n) is 5.00. The van der Waals surface area contributed by atoms with Gasteiger partial charge in [-0.05, 0) is 30.7 Å². The number of rotatable bonds is 5. The molecule has 3 aliphatic rings. The molecule has 0 N–H and O–H groups in total. The maximum Gasteiger partial charge on any atom is 0.227 e. The van der Waals surface area contributed by atoms with Crippen LogP contribution in [0.2, 0.25) is 0 Å². The molecule has 1 aliphatic carbocycles. The van der Waals surface area contributed by atoms with Crippen molar-refractivity contribution in [3.05, 3.63) is 35.9 Å². The van der Waals surface area contributed by atoms with E-state index in [1.165, 1.54) is 24.8 Å². The molecule has 0 bridgehead atoms. The molecule has 0 aromatic heterocycles. The number of carbonyl (C=O) groups excluding carboxylic acids is 2. The second-order valence-electron chi connectivity index (χ2n) is 8.68. The Kier molecular flexibility index (Phi) is 6.00. The molecule has 2 saturated heterocycles. The minimum atomic E-state index is -0.00165. The fraction of sp³-hybridized carbons (Fsp3) is 0.652. The van der Waals surface area contributed by atoms with Crippen molar-refractivity contribution in [1.82, 2.24) is 14.7 Å². The summed E-state index contributed by atoms with van der Waals surface area (Å²) in [4.78, 5) is 31.7. The normalized spacial score (nSPS) is 26.3. The zero-order valence-electron chi connectivity index (χ0n) is 17.1. The summed E-state index contributed by atoms with van der Waals surface area (Å²) < 4.78 is 0. The molecule has 2 atom stereocenters. The number of nitrogens with zero attached hydrogens (tertiary/aromatic N) is 3. The largest absolute Gasteiger partial charge is 0.342 e. The lowest BCUT2D eigenvalue weighted by Crippen LogP contribution is -2.58. The second kappa shape index (κ2) is 8.64. The van der Waals surface area contributed by atoms with Gasteiger partial charge in [-0.25, -0.2) is 0 Å². The van der Waals surface area contributed by atoms with Crippen molar-refractivity contribution in [1.29, 1.82) is 0 Å². The van der Waals surface area contributed by atoms with Gasteiger partial charge in [-0.3, -0.25) is 14.5 Å². The summed E-state index contributed by atoms with van der Waals surface area (Å²) >= 11 is 0. The number of carbonyl (C=O) groups is 2. The van der Waals surface area contributed by atoms with E-state index in [2.05, 4.69) is 40.1 Å². The minimum absolute atomic E-state index is 0.00165. The van der Waals surface area contributed by atoms with Crippen LogP contribution in [0.1, 0.15) is 44.6 Å². The third-order valence-electron chi connectivity index (χ3n) is 6.96. The quantitative estimate of drug-likeness (QED) is 0.785. The summed E-state index contributed by atoms with van der Waals surface area (Å²) in [5, 5.41) is 0. The summed E-state index contributed by atoms with van der Waals surface area (Å²) in [6, 6.07) is 11.2. The molecule has 152 valence electrons. The van der Waals surface area contributed by atoms with Gasteiger partial charge in [0.05, 0.1) is 5.92 Å². The highest BCUT2D eigenvalue weighted by Gasteiger charge is 2.40. The van der Waals surface area contributed by atoms with E-state index in [1.807, 2.05) is 11.8 Å². The average Bonchev–Trinajstić information content (AvgIpc) is 3.18. The zero-order valence-corrected chi connectivity index (χ0v) is 17.1. The van der Waals surface area contributed by atoms with E-state index in [0.717, 1.165) is 45.1 Å². The molecular weight excluding hydrogens is 350 g/mol. The number of hydrogen-bond donors (Lipinski definition) is 0. The first-order chi connectivity index (χ1) is 13.7. The van der Waals surface area contributed by atoms with Crippen LogP contribution < -0.4 is 0 Å². The Balaban J connectivity index is 1.39. The highest BCUT2D eigenvalue weighted by Crippen LogP contribution is 2.35. The Morgan fingerprint density at radius 3 is 2.43 bits per heavy atom. The Morgan fingerprint density at radius 1 is 0.964 bits per heavy atom. The molecule has 2 heterocycles. The maximum atomic E-state index is 13.2. The number of benzene rings is 1. The fourth-order valence-corrected chi connectivity index (χ4v) is 5.00. The van der Waals surface area contributed by atoms with Gasteiger partial charge in [0.2, 0.25) is 11.8 Å². The molecular formula is C23H33N3O2. The third-order valence-corrected chi connectivity index (χ3v) is 6.96. The first-order valence-electron chi connectivity index (χ1n) is 11.0. The van der Waals surface area contributed by atoms with E-state index in [9.17, 15) is 9.59 Å². The molecule has 0 spiro atoms. The highest BCUT2D eigenvalue weighted by molar-refractivity contribution is 5.82. The van der Waals surface area contributed by atoms with Gasteiger partial charge in [-0.2, -0.15) is 0 Å². The van der Waals surface area contributed by atoms with Crippen molar-refractivity contribution in [2.45, 2.75) is 51.6 Å². The van der Waals surface area contributed by atoms with Gasteiger partial charge in [-0.15, -0.1) is 0 Å². The van der Waals surface area contributed by atoms with Gasteiger partial charge in [-0.1, -0.05) is 43.7 Å². The number of likely N-dealkylation sites (tertiary alicyclic amines) is 1. The minimum Gasteiger partial charge on any atom is -0.342 e. The molecule has 4 rings (SSSR count). The Hall–Kier alpha value is -1.88. The monoisotopic (exact) mass is 383 g/mol. The second-order valence-corrected chi connectivity index (χ2v) is 8.68. The van der Waals surface area contributed by atoms with Crippen LogP contribution in [-0.4, -0.2) is 65.3 Å². The molecule has 5 nitrogen and oxygen atoms in total. The first kappa shape index (κ1) is 19.4. The van der Waals surface area contributed by atoms with E-state index in [4.69, 9.17) is 0 Å². The van der Waals surface area contributed by atoms with E-state index in [-0.39, 0.29) is 17.7 Å². The number of piperazine rings is 1. The first-order valence-corrected chi connectivity index (χ1v) is 11.0. The van der Waals surface area contributed by atoms with Crippen molar-refractivity contribution in [3.8, 4) is 0 Å². The zero-order chi connectivity index (χ0) is 19.5. The molecule has 2 unspecified atom stereocenters. The smallest absolute Gasteiger partial charge is 0.227 e. The highest BCUT2D eigenvalue weighted by atomic mass is 16.2. The Bertz CT molecular complexity index is 688. The van der Waals surface area contributed by atoms with Gasteiger partial charge in [0, 0.05) is 51.7 Å². The van der Waals surface area contributed by atoms with Crippen LogP contribution in [0.3, 0.4) is 0 Å². The van der Waals surface area contributed by atoms with Crippen molar-refractivity contribution >= 4 is 11.8 Å². The van der Waals surface area contributed by atoms with E-state index in [1.54, 1.807) is 0 Å². The van der Waals surface area contributed by atoms with Crippen LogP contribution in [0.15, 0.2) is 30.3 Å². The van der Waals surface area contributed by atoms with Crippen LogP contribution >= 0.6 is 0 Å². The summed E-state index contributed by atoms with van der Waals surface area (Å²) in [5.74, 6) is 1.17. The van der Waals surface area contributed by atoms with Gasteiger partial charge >= 0.3 is 0 Å². The van der Waals surface area contributed by atoms with Crippen LogP contribution in [0.4, 0.5) is 0 Å². The summed E-state index contributed by atoms with van der Waals surface area (Å²) in [6.45, 7) is 6.85. The summed E-state index contributed by atoms with van der Waals surface area (Å²) in [6.07, 6.45) is 5.26. The van der Waals surface area contributed by atoms with Crippen molar-refractivity contribution in [2.24, 2.45) is 11.8 Å². The van der Waals surface area contributed by atoms with Crippen molar-refractivity contribution < 1.29 is 9.59 Å². The lowest BCUT2D eigenvalue weighted by molar-refractivity contribution is -0.140.